The molecule has 4 nitrogen and oxygen atoms in total. The van der Waals surface area contributed by atoms with Crippen LogP contribution in [0.15, 0.2) is 36.2 Å². The summed E-state index contributed by atoms with van der Waals surface area (Å²) < 4.78 is 7.91. The molecule has 2 fully saturated rings. The van der Waals surface area contributed by atoms with Crippen LogP contribution in [-0.4, -0.2) is 27.6 Å². The number of aryl methyl sites for hydroxylation is 2. The van der Waals surface area contributed by atoms with Gasteiger partial charge in [-0.3, -0.25) is 4.68 Å². The minimum absolute atomic E-state index is 0.00570. The fourth-order valence-electron chi connectivity index (χ4n) is 7.09. The SMILES string of the molecule is CCCCCCOc1ccc2c(c1)CC[C@@H]1[C@@H]2CC[C@]2(C)[C@H](O)/C(=C/c3cnn(C)c3)C[C@H]12. The van der Waals surface area contributed by atoms with Gasteiger partial charge in [0.25, 0.3) is 0 Å². The van der Waals surface area contributed by atoms with E-state index in [1.165, 1.54) is 43.2 Å². The maximum absolute atomic E-state index is 11.4. The van der Waals surface area contributed by atoms with Crippen molar-refractivity contribution in [1.82, 2.24) is 9.78 Å². The van der Waals surface area contributed by atoms with Gasteiger partial charge in [0.05, 0.1) is 18.9 Å². The lowest BCUT2D eigenvalue weighted by molar-refractivity contribution is -0.0158. The van der Waals surface area contributed by atoms with Crippen LogP contribution in [0.2, 0.25) is 0 Å². The van der Waals surface area contributed by atoms with Crippen LogP contribution in [0.25, 0.3) is 6.08 Å². The predicted octanol–water partition coefficient (Wildman–Crippen LogP) is 6.29. The Bertz CT molecular complexity index is 1010. The molecular weight excluding hydrogens is 408 g/mol. The third-order valence-corrected chi connectivity index (χ3v) is 8.91. The number of fused-ring (bicyclic) bond motifs is 5. The molecule has 0 aliphatic heterocycles. The van der Waals surface area contributed by atoms with Gasteiger partial charge in [-0.1, -0.05) is 45.3 Å². The third-order valence-electron chi connectivity index (χ3n) is 8.91. The molecule has 1 N–H and O–H groups in total. The van der Waals surface area contributed by atoms with E-state index in [-0.39, 0.29) is 11.5 Å². The Labute approximate surface area is 199 Å². The zero-order chi connectivity index (χ0) is 23.0. The number of hydrogen-bond acceptors (Lipinski definition) is 3. The maximum atomic E-state index is 11.4. The molecule has 0 radical (unpaired) electrons. The Hall–Kier alpha value is -2.07. The molecule has 1 aromatic carbocycles. The summed E-state index contributed by atoms with van der Waals surface area (Å²) in [6.45, 7) is 5.42. The van der Waals surface area contributed by atoms with Crippen LogP contribution in [0, 0.1) is 17.3 Å². The van der Waals surface area contributed by atoms with Gasteiger partial charge in [-0.05, 0) is 85.1 Å². The predicted molar refractivity (Wildman–Crippen MR) is 133 cm³/mol. The summed E-state index contributed by atoms with van der Waals surface area (Å²) in [6.07, 6.45) is 16.4. The molecule has 178 valence electrons. The van der Waals surface area contributed by atoms with Crippen molar-refractivity contribution in [2.45, 2.75) is 83.7 Å². The highest BCUT2D eigenvalue weighted by Gasteiger charge is 2.56. The summed E-state index contributed by atoms with van der Waals surface area (Å²) >= 11 is 0. The van der Waals surface area contributed by atoms with Gasteiger partial charge in [0.15, 0.2) is 0 Å². The Balaban J connectivity index is 1.31. The van der Waals surface area contributed by atoms with Crippen LogP contribution in [-0.2, 0) is 13.5 Å². The highest BCUT2D eigenvalue weighted by Crippen LogP contribution is 2.62. The summed E-state index contributed by atoms with van der Waals surface area (Å²) in [7, 11) is 1.95. The molecule has 0 unspecified atom stereocenters. The third kappa shape index (κ3) is 4.27. The number of unbranched alkanes of at least 4 members (excludes halogenated alkanes) is 3. The lowest BCUT2D eigenvalue weighted by atomic mass is 9.55. The van der Waals surface area contributed by atoms with Gasteiger partial charge in [0.2, 0.25) is 0 Å². The van der Waals surface area contributed by atoms with Gasteiger partial charge in [0.1, 0.15) is 5.75 Å². The van der Waals surface area contributed by atoms with Crippen molar-refractivity contribution in [3.63, 3.8) is 0 Å². The Morgan fingerprint density at radius 2 is 2.12 bits per heavy atom. The number of aliphatic hydroxyl groups excluding tert-OH is 1. The average molecular weight is 449 g/mol. The van der Waals surface area contributed by atoms with Crippen molar-refractivity contribution in [2.75, 3.05) is 6.61 Å². The van der Waals surface area contributed by atoms with Gasteiger partial charge in [-0.2, -0.15) is 5.10 Å². The zero-order valence-corrected chi connectivity index (χ0v) is 20.6. The van der Waals surface area contributed by atoms with E-state index in [4.69, 9.17) is 4.74 Å². The number of nitrogens with zero attached hydrogens (tertiary/aromatic N) is 2. The molecule has 3 aliphatic carbocycles. The summed E-state index contributed by atoms with van der Waals surface area (Å²) in [5.74, 6) is 2.88. The van der Waals surface area contributed by atoms with Crippen LogP contribution in [0.5, 0.6) is 5.75 Å². The second-order valence-corrected chi connectivity index (χ2v) is 11.0. The summed E-state index contributed by atoms with van der Waals surface area (Å²) in [6, 6.07) is 6.87. The van der Waals surface area contributed by atoms with E-state index in [2.05, 4.69) is 43.2 Å². The number of aliphatic hydroxyl groups is 1. The molecule has 2 saturated carbocycles. The fourth-order valence-corrected chi connectivity index (χ4v) is 7.09. The molecule has 5 atom stereocenters. The molecule has 0 amide bonds. The molecule has 3 aliphatic rings. The van der Waals surface area contributed by atoms with Gasteiger partial charge >= 0.3 is 0 Å². The first kappa shape index (κ1) is 22.7. The number of benzene rings is 1. The second-order valence-electron chi connectivity index (χ2n) is 11.0. The highest BCUT2D eigenvalue weighted by atomic mass is 16.5. The van der Waals surface area contributed by atoms with Crippen molar-refractivity contribution < 1.29 is 9.84 Å². The summed E-state index contributed by atoms with van der Waals surface area (Å²) in [5, 5.41) is 15.7. The van der Waals surface area contributed by atoms with E-state index in [0.717, 1.165) is 43.6 Å². The quantitative estimate of drug-likeness (QED) is 0.506. The van der Waals surface area contributed by atoms with Crippen molar-refractivity contribution in [3.05, 3.63) is 52.9 Å². The maximum Gasteiger partial charge on any atom is 0.119 e. The number of hydrogen-bond donors (Lipinski definition) is 1. The molecule has 4 heteroatoms. The molecule has 0 saturated heterocycles. The van der Waals surface area contributed by atoms with Crippen LogP contribution < -0.4 is 4.74 Å². The standard InChI is InChI=1S/C29H40N2O2/c1-4-5-6-7-14-33-23-9-11-24-21(16-23)8-10-26-25(24)12-13-29(2)27(26)17-22(28(29)32)15-20-18-30-31(3)19-20/h9,11,15-16,18-19,25-28,32H,4-8,10,12-14,17H2,1-3H3/b22-15+/t25-,26-,27-,28-,29+/m1/s1. The highest BCUT2D eigenvalue weighted by molar-refractivity contribution is 5.54. The summed E-state index contributed by atoms with van der Waals surface area (Å²) in [4.78, 5) is 0. The van der Waals surface area contributed by atoms with E-state index >= 15 is 0 Å². The van der Waals surface area contributed by atoms with Gasteiger partial charge in [-0.25, -0.2) is 0 Å². The van der Waals surface area contributed by atoms with Crippen molar-refractivity contribution in [1.29, 1.82) is 0 Å². The van der Waals surface area contributed by atoms with Gasteiger partial charge in [-0.15, -0.1) is 0 Å². The Morgan fingerprint density at radius 1 is 1.24 bits per heavy atom. The first-order valence-electron chi connectivity index (χ1n) is 13.1. The largest absolute Gasteiger partial charge is 0.494 e. The zero-order valence-electron chi connectivity index (χ0n) is 20.6. The van der Waals surface area contributed by atoms with Gasteiger partial charge < -0.3 is 9.84 Å². The first-order valence-corrected chi connectivity index (χ1v) is 13.1. The molecule has 0 bridgehead atoms. The molecule has 1 heterocycles. The van der Waals surface area contributed by atoms with E-state index in [1.54, 1.807) is 5.56 Å². The Kier molecular flexibility index (Phi) is 6.39. The number of ether oxygens (including phenoxy) is 1. The molecule has 2 aromatic rings. The lowest BCUT2D eigenvalue weighted by Gasteiger charge is -2.49. The van der Waals surface area contributed by atoms with E-state index < -0.39 is 0 Å². The fraction of sp³-hybridized carbons (Fsp3) is 0.621. The second kappa shape index (κ2) is 9.29. The van der Waals surface area contributed by atoms with Crippen LogP contribution in [0.4, 0.5) is 0 Å². The van der Waals surface area contributed by atoms with Crippen LogP contribution in [0.1, 0.15) is 87.8 Å². The summed E-state index contributed by atoms with van der Waals surface area (Å²) in [5.41, 5.74) is 5.34. The van der Waals surface area contributed by atoms with E-state index in [9.17, 15) is 5.11 Å². The number of aromatic nitrogens is 2. The molecule has 0 spiro atoms. The van der Waals surface area contributed by atoms with Crippen molar-refractivity contribution in [2.24, 2.45) is 24.3 Å². The van der Waals surface area contributed by atoms with Crippen LogP contribution >= 0.6 is 0 Å². The minimum Gasteiger partial charge on any atom is -0.494 e. The molecular formula is C29H40N2O2. The monoisotopic (exact) mass is 448 g/mol. The van der Waals surface area contributed by atoms with Crippen molar-refractivity contribution >= 4 is 6.08 Å². The average Bonchev–Trinajstić information content (AvgIpc) is 3.34. The lowest BCUT2D eigenvalue weighted by Crippen LogP contribution is -2.44. The molecule has 5 rings (SSSR count). The minimum atomic E-state index is -0.339. The first-order chi connectivity index (χ1) is 16.0. The molecule has 1 aromatic heterocycles. The van der Waals surface area contributed by atoms with Crippen LogP contribution in [0.3, 0.4) is 0 Å². The Morgan fingerprint density at radius 3 is 2.91 bits per heavy atom. The van der Waals surface area contributed by atoms with E-state index in [0.29, 0.717) is 17.8 Å². The normalized spacial score (nSPS) is 31.8. The topological polar surface area (TPSA) is 47.3 Å². The smallest absolute Gasteiger partial charge is 0.119 e. The van der Waals surface area contributed by atoms with Crippen molar-refractivity contribution in [3.8, 4) is 5.75 Å². The molecule has 33 heavy (non-hydrogen) atoms. The van der Waals surface area contributed by atoms with E-state index in [1.807, 2.05) is 24.1 Å². The number of rotatable bonds is 7. The van der Waals surface area contributed by atoms with Gasteiger partial charge in [0, 0.05) is 24.2 Å².